The third-order valence-electron chi connectivity index (χ3n) is 8.08. The summed E-state index contributed by atoms with van der Waals surface area (Å²) in [6.07, 6.45) is 3.73. The van der Waals surface area contributed by atoms with Crippen LogP contribution in [0, 0.1) is 5.82 Å². The van der Waals surface area contributed by atoms with Crippen LogP contribution in [-0.2, 0) is 11.2 Å². The first-order valence-corrected chi connectivity index (χ1v) is 14.9. The van der Waals surface area contributed by atoms with E-state index < -0.39 is 5.97 Å². The Hall–Kier alpha value is -4.44. The van der Waals surface area contributed by atoms with Crippen molar-refractivity contribution in [3.8, 4) is 17.2 Å². The number of hydrogen-bond acceptors (Lipinski definition) is 8. The van der Waals surface area contributed by atoms with Gasteiger partial charge >= 0.3 is 5.97 Å². The predicted molar refractivity (Wildman–Crippen MR) is 166 cm³/mol. The highest BCUT2D eigenvalue weighted by molar-refractivity contribution is 5.91. The maximum absolute atomic E-state index is 13.5. The lowest BCUT2D eigenvalue weighted by molar-refractivity contribution is 0.0487. The van der Waals surface area contributed by atoms with Crippen LogP contribution in [0.5, 0.6) is 17.2 Å². The Kier molecular flexibility index (Phi) is 10.1. The molecule has 0 bridgehead atoms. The van der Waals surface area contributed by atoms with Crippen molar-refractivity contribution in [2.24, 2.45) is 0 Å². The molecule has 2 heterocycles. The molecule has 9 nitrogen and oxygen atoms in total. The van der Waals surface area contributed by atoms with Gasteiger partial charge in [0.25, 0.3) is 5.56 Å². The number of aromatic nitrogens is 2. The van der Waals surface area contributed by atoms with Gasteiger partial charge in [-0.15, -0.1) is 0 Å². The van der Waals surface area contributed by atoms with E-state index in [1.54, 1.807) is 28.9 Å². The molecule has 1 aliphatic heterocycles. The third-order valence-corrected chi connectivity index (χ3v) is 8.08. The molecule has 3 aromatic carbocycles. The van der Waals surface area contributed by atoms with E-state index in [1.165, 1.54) is 33.5 Å². The van der Waals surface area contributed by atoms with Crippen LogP contribution in [0.25, 0.3) is 10.8 Å². The molecule has 44 heavy (non-hydrogen) atoms. The third kappa shape index (κ3) is 7.02. The Morgan fingerprint density at radius 2 is 1.64 bits per heavy atom. The molecule has 4 aromatic rings. The van der Waals surface area contributed by atoms with Crippen LogP contribution < -0.4 is 19.8 Å². The molecule has 232 valence electrons. The molecule has 1 unspecified atom stereocenters. The maximum atomic E-state index is 13.5. The zero-order chi connectivity index (χ0) is 31.1. The fraction of sp³-hybridized carbons (Fsp3) is 0.382. The molecule has 10 heteroatoms. The number of likely N-dealkylation sites (tertiary alicyclic amines) is 1. The summed E-state index contributed by atoms with van der Waals surface area (Å²) in [6, 6.07) is 17.1. The summed E-state index contributed by atoms with van der Waals surface area (Å²) in [5.41, 5.74) is 1.99. The van der Waals surface area contributed by atoms with Gasteiger partial charge in [0.05, 0.1) is 50.6 Å². The quantitative estimate of drug-likeness (QED) is 0.166. The van der Waals surface area contributed by atoms with Crippen molar-refractivity contribution in [3.05, 3.63) is 93.7 Å². The molecule has 0 N–H and O–H groups in total. The summed E-state index contributed by atoms with van der Waals surface area (Å²) in [7, 11) is 4.50. The van der Waals surface area contributed by atoms with E-state index in [0.717, 1.165) is 55.5 Å². The molecule has 1 aliphatic rings. The summed E-state index contributed by atoms with van der Waals surface area (Å²) < 4.78 is 36.7. The Morgan fingerprint density at radius 3 is 2.32 bits per heavy atom. The van der Waals surface area contributed by atoms with Gasteiger partial charge in [0.15, 0.2) is 11.5 Å². The van der Waals surface area contributed by atoms with Crippen molar-refractivity contribution in [2.45, 2.75) is 38.1 Å². The van der Waals surface area contributed by atoms with Gasteiger partial charge in [0, 0.05) is 24.9 Å². The van der Waals surface area contributed by atoms with E-state index in [4.69, 9.17) is 24.0 Å². The smallest absolute Gasteiger partial charge is 0.338 e. The predicted octanol–water partition coefficient (Wildman–Crippen LogP) is 5.43. The number of methoxy groups -OCH3 is 3. The molecule has 0 radical (unpaired) electrons. The number of nitrogens with zero attached hydrogens (tertiary/aromatic N) is 3. The van der Waals surface area contributed by atoms with Crippen LogP contribution in [-0.4, -0.2) is 68.2 Å². The van der Waals surface area contributed by atoms with Crippen molar-refractivity contribution in [1.29, 1.82) is 0 Å². The largest absolute Gasteiger partial charge is 0.493 e. The van der Waals surface area contributed by atoms with Crippen LogP contribution in [0.2, 0.25) is 0 Å². The van der Waals surface area contributed by atoms with E-state index in [9.17, 15) is 14.0 Å². The van der Waals surface area contributed by atoms with Crippen molar-refractivity contribution >= 4 is 16.7 Å². The normalized spacial score (nSPS) is 15.5. The van der Waals surface area contributed by atoms with Crippen LogP contribution in [0.15, 0.2) is 65.5 Å². The van der Waals surface area contributed by atoms with Gasteiger partial charge in [-0.25, -0.2) is 13.9 Å². The zero-order valence-corrected chi connectivity index (χ0v) is 25.4. The lowest BCUT2D eigenvalue weighted by atomic mass is 10.0. The zero-order valence-electron chi connectivity index (χ0n) is 25.4. The van der Waals surface area contributed by atoms with Gasteiger partial charge in [-0.05, 0) is 68.1 Å². The molecular formula is C34H38FN3O6. The van der Waals surface area contributed by atoms with Gasteiger partial charge in [-0.1, -0.05) is 30.3 Å². The highest BCUT2D eigenvalue weighted by Gasteiger charge is 2.23. The Morgan fingerprint density at radius 1 is 0.932 bits per heavy atom. The van der Waals surface area contributed by atoms with Crippen molar-refractivity contribution in [1.82, 2.24) is 14.7 Å². The number of ether oxygens (including phenoxy) is 4. The van der Waals surface area contributed by atoms with Crippen LogP contribution in [0.3, 0.4) is 0 Å². The topological polar surface area (TPSA) is 92.1 Å². The molecule has 0 aliphatic carbocycles. The number of carbonyl (C=O) groups excluding carboxylic acids is 1. The summed E-state index contributed by atoms with van der Waals surface area (Å²) in [5.74, 6) is 0.451. The summed E-state index contributed by atoms with van der Waals surface area (Å²) in [6.45, 7) is 2.74. The van der Waals surface area contributed by atoms with Crippen LogP contribution >= 0.6 is 0 Å². The number of fused-ring (bicyclic) bond motifs is 1. The van der Waals surface area contributed by atoms with Crippen molar-refractivity contribution in [3.63, 3.8) is 0 Å². The molecule has 1 fully saturated rings. The van der Waals surface area contributed by atoms with Crippen LogP contribution in [0.4, 0.5) is 4.39 Å². The van der Waals surface area contributed by atoms with E-state index in [0.29, 0.717) is 41.0 Å². The minimum Gasteiger partial charge on any atom is -0.493 e. The number of esters is 1. The lowest BCUT2D eigenvalue weighted by Crippen LogP contribution is -2.30. The van der Waals surface area contributed by atoms with Gasteiger partial charge in [-0.3, -0.25) is 4.79 Å². The van der Waals surface area contributed by atoms with Gasteiger partial charge in [0.2, 0.25) is 5.75 Å². The van der Waals surface area contributed by atoms with Gasteiger partial charge in [0.1, 0.15) is 5.82 Å². The fourth-order valence-electron chi connectivity index (χ4n) is 5.79. The first-order valence-electron chi connectivity index (χ1n) is 14.9. The van der Waals surface area contributed by atoms with E-state index in [1.807, 2.05) is 24.3 Å². The number of rotatable bonds is 11. The summed E-state index contributed by atoms with van der Waals surface area (Å²) >= 11 is 0. The SMILES string of the molecule is COc1cc(C(=O)OCCCN2CCCC(n3nc(Cc4ccc(F)cc4)c4ccccc4c3=O)CC2)cc(OC)c1OC. The molecule has 0 spiro atoms. The molecule has 1 atom stereocenters. The second-order valence-electron chi connectivity index (χ2n) is 10.9. The number of carbonyl (C=O) groups is 1. The number of benzene rings is 3. The number of hydrogen-bond donors (Lipinski definition) is 0. The van der Waals surface area contributed by atoms with Gasteiger partial charge in [-0.2, -0.15) is 5.10 Å². The summed E-state index contributed by atoms with van der Waals surface area (Å²) in [4.78, 5) is 28.6. The first-order chi connectivity index (χ1) is 21.4. The monoisotopic (exact) mass is 603 g/mol. The second-order valence-corrected chi connectivity index (χ2v) is 10.9. The Labute approximate surface area is 256 Å². The molecule has 0 saturated carbocycles. The second kappa shape index (κ2) is 14.4. The molecular weight excluding hydrogens is 565 g/mol. The minimum atomic E-state index is -0.460. The summed E-state index contributed by atoms with van der Waals surface area (Å²) in [5, 5.41) is 6.35. The highest BCUT2D eigenvalue weighted by atomic mass is 19.1. The average molecular weight is 604 g/mol. The van der Waals surface area contributed by atoms with E-state index in [-0.39, 0.29) is 24.0 Å². The van der Waals surface area contributed by atoms with Gasteiger partial charge < -0.3 is 23.8 Å². The minimum absolute atomic E-state index is 0.0260. The first kappa shape index (κ1) is 31.0. The molecule has 0 amide bonds. The maximum Gasteiger partial charge on any atom is 0.338 e. The average Bonchev–Trinajstić information content (AvgIpc) is 3.30. The lowest BCUT2D eigenvalue weighted by Gasteiger charge is -2.21. The molecule has 1 saturated heterocycles. The van der Waals surface area contributed by atoms with E-state index >= 15 is 0 Å². The molecule has 1 aromatic heterocycles. The van der Waals surface area contributed by atoms with Crippen molar-refractivity contribution in [2.75, 3.05) is 47.6 Å². The van der Waals surface area contributed by atoms with Crippen molar-refractivity contribution < 1.29 is 28.1 Å². The highest BCUT2D eigenvalue weighted by Crippen LogP contribution is 2.38. The Bertz CT molecular complexity index is 1630. The standard InChI is InChI=1S/C34H38FN3O6/c1-41-30-21-24(22-31(42-2)32(30)43-3)34(40)44-19-7-17-37-16-6-8-26(15-18-37)38-33(39)28-10-5-4-9-27(28)29(36-38)20-23-11-13-25(35)14-12-23/h4-5,9-14,21-22,26H,6-8,15-20H2,1-3H3. The number of halogens is 1. The van der Waals surface area contributed by atoms with E-state index in [2.05, 4.69) is 4.90 Å². The molecule has 5 rings (SSSR count). The fourth-order valence-corrected chi connectivity index (χ4v) is 5.79. The Balaban J connectivity index is 1.20. The van der Waals surface area contributed by atoms with Crippen LogP contribution in [0.1, 0.15) is 53.3 Å².